The number of amides is 1. The standard InChI is InChI=1S/C19H21N3O2S/c20-11-15-5-7-16(8-6-15)21-19(23)14-22(12-17-3-1-9-24-17)13-18-4-2-10-25-18/h2,4-8,10,17H,1,3,9,12-14H2,(H,21,23)/t17-/m0/s1. The van der Waals surface area contributed by atoms with Crippen molar-refractivity contribution in [3.8, 4) is 6.07 Å². The van der Waals surface area contributed by atoms with Crippen LogP contribution in [0.1, 0.15) is 23.3 Å². The number of nitrogens with zero attached hydrogens (tertiary/aromatic N) is 2. The first-order valence-corrected chi connectivity index (χ1v) is 9.27. The number of anilines is 1. The first kappa shape index (κ1) is 17.6. The maximum absolute atomic E-state index is 12.4. The van der Waals surface area contributed by atoms with Crippen molar-refractivity contribution in [3.05, 3.63) is 52.2 Å². The second-order valence-corrected chi connectivity index (χ2v) is 7.15. The summed E-state index contributed by atoms with van der Waals surface area (Å²) < 4.78 is 5.73. The third-order valence-electron chi connectivity index (χ3n) is 4.11. The molecule has 0 spiro atoms. The van der Waals surface area contributed by atoms with Gasteiger partial charge in [-0.25, -0.2) is 0 Å². The van der Waals surface area contributed by atoms with Crippen LogP contribution < -0.4 is 5.32 Å². The van der Waals surface area contributed by atoms with Crippen LogP contribution in [0.4, 0.5) is 5.69 Å². The lowest BCUT2D eigenvalue weighted by Crippen LogP contribution is -2.37. The summed E-state index contributed by atoms with van der Waals surface area (Å²) in [5.41, 5.74) is 1.29. The first-order valence-electron chi connectivity index (χ1n) is 8.39. The van der Waals surface area contributed by atoms with Crippen LogP contribution in [0.5, 0.6) is 0 Å². The van der Waals surface area contributed by atoms with Gasteiger partial charge in [0.25, 0.3) is 0 Å². The minimum Gasteiger partial charge on any atom is -0.377 e. The molecule has 3 rings (SSSR count). The highest BCUT2D eigenvalue weighted by molar-refractivity contribution is 7.09. The fourth-order valence-electron chi connectivity index (χ4n) is 2.92. The molecule has 1 aliphatic rings. The molecule has 1 atom stereocenters. The molecule has 1 aromatic heterocycles. The lowest BCUT2D eigenvalue weighted by molar-refractivity contribution is -0.117. The Kier molecular flexibility index (Phi) is 6.18. The molecule has 2 heterocycles. The average molecular weight is 355 g/mol. The van der Waals surface area contributed by atoms with Gasteiger partial charge in [0, 0.05) is 30.3 Å². The maximum Gasteiger partial charge on any atom is 0.238 e. The van der Waals surface area contributed by atoms with E-state index < -0.39 is 0 Å². The van der Waals surface area contributed by atoms with Gasteiger partial charge in [0.05, 0.1) is 24.3 Å². The van der Waals surface area contributed by atoms with Crippen molar-refractivity contribution in [3.63, 3.8) is 0 Å². The lowest BCUT2D eigenvalue weighted by Gasteiger charge is -2.24. The van der Waals surface area contributed by atoms with Crippen LogP contribution in [-0.2, 0) is 16.1 Å². The Labute approximate surface area is 151 Å². The van der Waals surface area contributed by atoms with Gasteiger partial charge in [-0.2, -0.15) is 5.26 Å². The quantitative estimate of drug-likeness (QED) is 0.828. The van der Waals surface area contributed by atoms with Crippen molar-refractivity contribution in [1.82, 2.24) is 4.90 Å². The molecule has 1 saturated heterocycles. The van der Waals surface area contributed by atoms with Gasteiger partial charge >= 0.3 is 0 Å². The Morgan fingerprint density at radius 1 is 1.36 bits per heavy atom. The molecule has 0 unspecified atom stereocenters. The molecule has 25 heavy (non-hydrogen) atoms. The van der Waals surface area contributed by atoms with E-state index in [9.17, 15) is 4.79 Å². The van der Waals surface area contributed by atoms with Gasteiger partial charge in [-0.05, 0) is 48.6 Å². The van der Waals surface area contributed by atoms with Crippen LogP contribution in [0.3, 0.4) is 0 Å². The lowest BCUT2D eigenvalue weighted by atomic mass is 10.2. The highest BCUT2D eigenvalue weighted by atomic mass is 32.1. The molecule has 130 valence electrons. The number of carbonyl (C=O) groups is 1. The number of ether oxygens (including phenoxy) is 1. The highest BCUT2D eigenvalue weighted by Crippen LogP contribution is 2.17. The van der Waals surface area contributed by atoms with E-state index in [4.69, 9.17) is 10.00 Å². The normalized spacial score (nSPS) is 16.7. The molecule has 6 heteroatoms. The fourth-order valence-corrected chi connectivity index (χ4v) is 3.66. The van der Waals surface area contributed by atoms with E-state index in [0.29, 0.717) is 17.8 Å². The van der Waals surface area contributed by atoms with Gasteiger partial charge in [-0.3, -0.25) is 9.69 Å². The van der Waals surface area contributed by atoms with Crippen molar-refractivity contribution in [2.24, 2.45) is 0 Å². The molecule has 0 saturated carbocycles. The molecule has 0 radical (unpaired) electrons. The zero-order chi connectivity index (χ0) is 17.5. The maximum atomic E-state index is 12.4. The predicted molar refractivity (Wildman–Crippen MR) is 98.4 cm³/mol. The van der Waals surface area contributed by atoms with Crippen LogP contribution in [0.15, 0.2) is 41.8 Å². The van der Waals surface area contributed by atoms with E-state index in [2.05, 4.69) is 27.7 Å². The van der Waals surface area contributed by atoms with Crippen molar-refractivity contribution < 1.29 is 9.53 Å². The molecule has 1 aromatic carbocycles. The monoisotopic (exact) mass is 355 g/mol. The number of thiophene rings is 1. The van der Waals surface area contributed by atoms with Gasteiger partial charge in [0.1, 0.15) is 0 Å². The van der Waals surface area contributed by atoms with E-state index in [1.165, 1.54) is 4.88 Å². The molecular weight excluding hydrogens is 334 g/mol. The number of nitrogens with one attached hydrogen (secondary N) is 1. The second-order valence-electron chi connectivity index (χ2n) is 6.12. The summed E-state index contributed by atoms with van der Waals surface area (Å²) in [6, 6.07) is 13.1. The predicted octanol–water partition coefficient (Wildman–Crippen LogP) is 3.24. The number of hydrogen-bond acceptors (Lipinski definition) is 5. The number of rotatable bonds is 7. The molecule has 5 nitrogen and oxygen atoms in total. The van der Waals surface area contributed by atoms with Crippen molar-refractivity contribution in [2.75, 3.05) is 25.0 Å². The fraction of sp³-hybridized carbons (Fsp3) is 0.368. The average Bonchev–Trinajstić information content (AvgIpc) is 3.29. The summed E-state index contributed by atoms with van der Waals surface area (Å²) in [6.07, 6.45) is 2.36. The molecular formula is C19H21N3O2S. The Bertz CT molecular complexity index is 716. The van der Waals surface area contributed by atoms with Gasteiger partial charge in [0.2, 0.25) is 5.91 Å². The van der Waals surface area contributed by atoms with Gasteiger partial charge < -0.3 is 10.1 Å². The number of benzene rings is 1. The minimum absolute atomic E-state index is 0.0562. The van der Waals surface area contributed by atoms with Crippen LogP contribution >= 0.6 is 11.3 Å². The third-order valence-corrected chi connectivity index (χ3v) is 4.97. The Morgan fingerprint density at radius 2 is 2.20 bits per heavy atom. The van der Waals surface area contributed by atoms with Crippen molar-refractivity contribution >= 4 is 22.9 Å². The summed E-state index contributed by atoms with van der Waals surface area (Å²) in [7, 11) is 0. The number of nitriles is 1. The van der Waals surface area contributed by atoms with Crippen LogP contribution in [0.25, 0.3) is 0 Å². The van der Waals surface area contributed by atoms with E-state index in [-0.39, 0.29) is 12.0 Å². The van der Waals surface area contributed by atoms with Gasteiger partial charge in [-0.15, -0.1) is 11.3 Å². The number of hydrogen-bond donors (Lipinski definition) is 1. The summed E-state index contributed by atoms with van der Waals surface area (Å²) in [6.45, 7) is 2.64. The number of carbonyl (C=O) groups excluding carboxylic acids is 1. The molecule has 0 bridgehead atoms. The van der Waals surface area contributed by atoms with Crippen LogP contribution in [-0.4, -0.2) is 36.6 Å². The molecule has 1 aliphatic heterocycles. The molecule has 1 amide bonds. The SMILES string of the molecule is N#Cc1ccc(NC(=O)CN(Cc2cccs2)C[C@@H]2CCCO2)cc1. The molecule has 2 aromatic rings. The molecule has 1 fully saturated rings. The topological polar surface area (TPSA) is 65.4 Å². The summed E-state index contributed by atoms with van der Waals surface area (Å²) >= 11 is 1.70. The Morgan fingerprint density at radius 3 is 2.84 bits per heavy atom. The highest BCUT2D eigenvalue weighted by Gasteiger charge is 2.21. The summed E-state index contributed by atoms with van der Waals surface area (Å²) in [5, 5.41) is 13.8. The summed E-state index contributed by atoms with van der Waals surface area (Å²) in [4.78, 5) is 15.8. The van der Waals surface area contributed by atoms with Crippen LogP contribution in [0.2, 0.25) is 0 Å². The minimum atomic E-state index is -0.0562. The Balaban J connectivity index is 1.59. The zero-order valence-electron chi connectivity index (χ0n) is 14.0. The zero-order valence-corrected chi connectivity index (χ0v) is 14.8. The van der Waals surface area contributed by atoms with Gasteiger partial charge in [-0.1, -0.05) is 6.07 Å². The van der Waals surface area contributed by atoms with Gasteiger partial charge in [0.15, 0.2) is 0 Å². The van der Waals surface area contributed by atoms with E-state index in [0.717, 1.165) is 32.5 Å². The molecule has 0 aliphatic carbocycles. The van der Waals surface area contributed by atoms with E-state index in [1.807, 2.05) is 6.07 Å². The second kappa shape index (κ2) is 8.77. The Hall–Kier alpha value is -2.20. The van der Waals surface area contributed by atoms with E-state index >= 15 is 0 Å². The third kappa shape index (κ3) is 5.40. The van der Waals surface area contributed by atoms with Crippen molar-refractivity contribution in [2.45, 2.75) is 25.5 Å². The first-order chi connectivity index (χ1) is 12.2. The van der Waals surface area contributed by atoms with E-state index in [1.54, 1.807) is 35.6 Å². The largest absolute Gasteiger partial charge is 0.377 e. The smallest absolute Gasteiger partial charge is 0.238 e. The summed E-state index contributed by atoms with van der Waals surface area (Å²) in [5.74, 6) is -0.0562. The van der Waals surface area contributed by atoms with Crippen molar-refractivity contribution in [1.29, 1.82) is 5.26 Å². The molecule has 1 N–H and O–H groups in total. The van der Waals surface area contributed by atoms with Crippen LogP contribution in [0, 0.1) is 11.3 Å².